The lowest BCUT2D eigenvalue weighted by Gasteiger charge is -2.05. The van der Waals surface area contributed by atoms with Gasteiger partial charge in [-0.25, -0.2) is 4.79 Å². The third-order valence-electron chi connectivity index (χ3n) is 2.25. The lowest BCUT2D eigenvalue weighted by atomic mass is 10.0. The Bertz CT molecular complexity index is 595. The summed E-state index contributed by atoms with van der Waals surface area (Å²) in [6, 6.07) is 8.33. The summed E-state index contributed by atoms with van der Waals surface area (Å²) in [4.78, 5) is 11.1. The van der Waals surface area contributed by atoms with Crippen LogP contribution in [-0.2, 0) is 3.07 Å². The molecule has 2 aromatic rings. The number of hydrogen-bond acceptors (Lipinski definition) is 2. The number of rotatable bonds is 2. The number of hydrogen-bond donors (Lipinski definition) is 1. The number of carboxylic acid groups (broad SMARTS) is 1. The van der Waals surface area contributed by atoms with Crippen molar-refractivity contribution in [1.82, 2.24) is 0 Å². The van der Waals surface area contributed by atoms with Crippen molar-refractivity contribution in [1.29, 1.82) is 0 Å². The second-order valence-corrected chi connectivity index (χ2v) is 5.15. The summed E-state index contributed by atoms with van der Waals surface area (Å²) in [6.45, 7) is 0. The Kier molecular flexibility index (Phi) is 3.20. The average molecular weight is 349 g/mol. The van der Waals surface area contributed by atoms with Crippen LogP contribution in [0.25, 0.3) is 10.8 Å². The molecule has 0 aliphatic rings. The lowest BCUT2D eigenvalue weighted by Crippen LogP contribution is -2.01. The van der Waals surface area contributed by atoms with Crippen molar-refractivity contribution in [3.8, 4) is 0 Å². The van der Waals surface area contributed by atoms with Gasteiger partial charge in [-0.15, -0.1) is 0 Å². The topological polar surface area (TPSA) is 54.4 Å². The van der Waals surface area contributed by atoms with Crippen molar-refractivity contribution in [2.45, 2.75) is 0 Å². The second kappa shape index (κ2) is 4.47. The van der Waals surface area contributed by atoms with Crippen LogP contribution in [0.3, 0.4) is 0 Å². The van der Waals surface area contributed by atoms with E-state index < -0.39 is 27.2 Å². The zero-order valence-electron chi connectivity index (χ0n) is 7.91. The Morgan fingerprint density at radius 1 is 1.19 bits per heavy atom. The van der Waals surface area contributed by atoms with Gasteiger partial charge in [-0.3, -0.25) is 3.07 Å². The minimum absolute atomic E-state index is 0.0998. The highest BCUT2D eigenvalue weighted by atomic mass is 127. The molecule has 1 N–H and O–H groups in total. The molecule has 0 saturated carbocycles. The predicted molar refractivity (Wildman–Crippen MR) is 69.3 cm³/mol. The van der Waals surface area contributed by atoms with Crippen LogP contribution in [0.5, 0.6) is 0 Å². The number of carbonyl (C=O) groups is 1. The first-order valence-electron chi connectivity index (χ1n) is 4.36. The van der Waals surface area contributed by atoms with Crippen molar-refractivity contribution >= 4 is 49.5 Å². The molecule has 0 amide bonds. The highest BCUT2D eigenvalue weighted by Crippen LogP contribution is 2.30. The maximum Gasteiger partial charge on any atom is 0.337 e. The van der Waals surface area contributed by atoms with Crippen LogP contribution in [0.1, 0.15) is 10.4 Å². The molecule has 0 radical (unpaired) electrons. The van der Waals surface area contributed by atoms with E-state index in [1.165, 1.54) is 0 Å². The highest BCUT2D eigenvalue weighted by molar-refractivity contribution is 14.1. The molecule has 0 unspecified atom stereocenters. The van der Waals surface area contributed by atoms with Gasteiger partial charge in [-0.05, 0) is 17.5 Å². The molecule has 0 saturated heterocycles. The van der Waals surface area contributed by atoms with Gasteiger partial charge in [0.2, 0.25) is 0 Å². The molecule has 0 spiro atoms. The van der Waals surface area contributed by atoms with E-state index >= 15 is 0 Å². The summed E-state index contributed by atoms with van der Waals surface area (Å²) in [6.07, 6.45) is 0. The van der Waals surface area contributed by atoms with E-state index in [0.717, 1.165) is 0 Å². The zero-order chi connectivity index (χ0) is 11.7. The van der Waals surface area contributed by atoms with E-state index in [1.807, 2.05) is 0 Å². The van der Waals surface area contributed by atoms with E-state index in [1.54, 1.807) is 30.3 Å². The Balaban J connectivity index is 2.95. The Hall–Kier alpha value is -1.01. The minimum atomic E-state index is -1.50. The molecule has 2 aromatic carbocycles. The van der Waals surface area contributed by atoms with Crippen LogP contribution in [0.15, 0.2) is 30.3 Å². The molecule has 82 valence electrons. The van der Waals surface area contributed by atoms with Crippen LogP contribution in [0.2, 0.25) is 5.02 Å². The van der Waals surface area contributed by atoms with E-state index in [-0.39, 0.29) is 5.56 Å². The largest absolute Gasteiger partial charge is 0.478 e. The number of fused-ring (bicyclic) bond motifs is 1. The Morgan fingerprint density at radius 2 is 1.94 bits per heavy atom. The van der Waals surface area contributed by atoms with Crippen molar-refractivity contribution in [3.63, 3.8) is 0 Å². The molecular weight excluding hydrogens is 342 g/mol. The predicted octanol–water partition coefficient (Wildman–Crippen LogP) is 3.68. The van der Waals surface area contributed by atoms with E-state index in [0.29, 0.717) is 19.4 Å². The van der Waals surface area contributed by atoms with Crippen LogP contribution >= 0.6 is 32.8 Å². The van der Waals surface area contributed by atoms with Crippen molar-refractivity contribution in [3.05, 3.63) is 44.5 Å². The summed E-state index contributed by atoms with van der Waals surface area (Å²) in [7, 11) is 0. The van der Waals surface area contributed by atoms with Crippen LogP contribution in [-0.4, -0.2) is 11.1 Å². The number of halogens is 2. The summed E-state index contributed by atoms with van der Waals surface area (Å²) in [5.74, 6) is -1.07. The highest BCUT2D eigenvalue weighted by Gasteiger charge is 2.15. The normalized spacial score (nSPS) is 10.6. The third kappa shape index (κ3) is 1.82. The number of carboxylic acids is 1. The SMILES string of the molecule is O=Ic1ccc2c(Cl)cccc2c1C(=O)O. The summed E-state index contributed by atoms with van der Waals surface area (Å²) >= 11 is 4.46. The molecule has 0 heterocycles. The van der Waals surface area contributed by atoms with Crippen LogP contribution in [0, 0.1) is 3.57 Å². The quantitative estimate of drug-likeness (QED) is 0.842. The molecule has 0 aromatic heterocycles. The maximum absolute atomic E-state index is 11.1. The monoisotopic (exact) mass is 348 g/mol. The van der Waals surface area contributed by atoms with Crippen molar-refractivity contribution < 1.29 is 13.0 Å². The number of benzene rings is 2. The summed E-state index contributed by atoms with van der Waals surface area (Å²) in [5.41, 5.74) is 0.0998. The van der Waals surface area contributed by atoms with Gasteiger partial charge < -0.3 is 5.11 Å². The molecular formula is C11H6ClIO3. The molecule has 0 aliphatic carbocycles. The smallest absolute Gasteiger partial charge is 0.337 e. The van der Waals surface area contributed by atoms with Gasteiger partial charge in [0, 0.05) is 10.4 Å². The fourth-order valence-electron chi connectivity index (χ4n) is 1.57. The minimum Gasteiger partial charge on any atom is -0.478 e. The fourth-order valence-corrected chi connectivity index (χ4v) is 2.88. The Morgan fingerprint density at radius 3 is 2.56 bits per heavy atom. The zero-order valence-corrected chi connectivity index (χ0v) is 10.8. The van der Waals surface area contributed by atoms with Gasteiger partial charge in [0.15, 0.2) is 21.2 Å². The first kappa shape index (κ1) is 11.5. The molecule has 0 fully saturated rings. The molecule has 2 rings (SSSR count). The molecule has 0 bridgehead atoms. The molecule has 0 atom stereocenters. The molecule has 3 nitrogen and oxygen atoms in total. The van der Waals surface area contributed by atoms with Gasteiger partial charge >= 0.3 is 5.97 Å². The molecule has 16 heavy (non-hydrogen) atoms. The first-order valence-corrected chi connectivity index (χ1v) is 6.70. The average Bonchev–Trinajstić information content (AvgIpc) is 2.27. The van der Waals surface area contributed by atoms with Gasteiger partial charge in [-0.1, -0.05) is 29.8 Å². The Labute approximate surface area is 107 Å². The lowest BCUT2D eigenvalue weighted by molar-refractivity contribution is 0.0698. The summed E-state index contributed by atoms with van der Waals surface area (Å²) < 4.78 is 11.4. The van der Waals surface area contributed by atoms with E-state index in [9.17, 15) is 7.86 Å². The van der Waals surface area contributed by atoms with Gasteiger partial charge in [0.1, 0.15) is 0 Å². The third-order valence-corrected chi connectivity index (χ3v) is 3.96. The van der Waals surface area contributed by atoms with E-state index in [4.69, 9.17) is 16.7 Å². The standard InChI is InChI=1S/C11H6ClIO3/c12-8-3-1-2-7-6(8)4-5-9(13-16)10(7)11(14)15/h1-5H,(H,14,15). The van der Waals surface area contributed by atoms with Crippen LogP contribution in [0.4, 0.5) is 0 Å². The fraction of sp³-hybridized carbons (Fsp3) is 0. The van der Waals surface area contributed by atoms with E-state index in [2.05, 4.69) is 0 Å². The van der Waals surface area contributed by atoms with Gasteiger partial charge in [0.05, 0.1) is 9.13 Å². The van der Waals surface area contributed by atoms with Gasteiger partial charge in [0.25, 0.3) is 0 Å². The molecule has 5 heteroatoms. The van der Waals surface area contributed by atoms with Crippen molar-refractivity contribution in [2.24, 2.45) is 0 Å². The molecule has 0 aliphatic heterocycles. The van der Waals surface area contributed by atoms with Crippen LogP contribution < -0.4 is 0 Å². The summed E-state index contributed by atoms with van der Waals surface area (Å²) in [5, 5.41) is 10.8. The number of aromatic carboxylic acids is 1. The maximum atomic E-state index is 11.1. The van der Waals surface area contributed by atoms with Crippen molar-refractivity contribution in [2.75, 3.05) is 0 Å². The van der Waals surface area contributed by atoms with Gasteiger partial charge in [-0.2, -0.15) is 0 Å². The second-order valence-electron chi connectivity index (χ2n) is 3.14. The first-order chi connectivity index (χ1) is 7.65.